The van der Waals surface area contributed by atoms with Gasteiger partial charge in [0.2, 0.25) is 0 Å². The highest BCUT2D eigenvalue weighted by atomic mass is 19.1. The fourth-order valence-electron chi connectivity index (χ4n) is 1.15. The highest BCUT2D eigenvalue weighted by Gasteiger charge is 2.17. The Hall–Kier alpha value is -0.330. The number of allylic oxidation sites excluding steroid dienone is 2. The van der Waals surface area contributed by atoms with Crippen LogP contribution in [-0.4, -0.2) is 6.17 Å². The number of hydrogen-bond donors (Lipinski definition) is 0. The molecule has 0 N–H and O–H groups in total. The molecule has 1 heteroatoms. The number of halogens is 1. The van der Waals surface area contributed by atoms with Crippen molar-refractivity contribution in [2.45, 2.75) is 32.9 Å². The Balaban J connectivity index is 2.56. The predicted molar refractivity (Wildman–Crippen MR) is 37.1 cm³/mol. The van der Waals surface area contributed by atoms with Crippen LogP contribution in [0.4, 0.5) is 4.39 Å². The Morgan fingerprint density at radius 3 is 2.78 bits per heavy atom. The van der Waals surface area contributed by atoms with Gasteiger partial charge in [-0.1, -0.05) is 13.0 Å². The molecule has 52 valence electrons. The van der Waals surface area contributed by atoms with E-state index in [9.17, 15) is 4.39 Å². The van der Waals surface area contributed by atoms with Crippen molar-refractivity contribution in [1.29, 1.82) is 0 Å². The lowest BCUT2D eigenvalue weighted by Gasteiger charge is -2.19. The van der Waals surface area contributed by atoms with Crippen LogP contribution < -0.4 is 0 Å². The monoisotopic (exact) mass is 128 g/mol. The van der Waals surface area contributed by atoms with Crippen molar-refractivity contribution in [3.63, 3.8) is 0 Å². The van der Waals surface area contributed by atoms with Crippen LogP contribution in [0.25, 0.3) is 0 Å². The van der Waals surface area contributed by atoms with Crippen molar-refractivity contribution in [2.75, 3.05) is 0 Å². The van der Waals surface area contributed by atoms with Crippen LogP contribution in [0, 0.1) is 5.92 Å². The molecule has 0 fully saturated rings. The van der Waals surface area contributed by atoms with Crippen LogP contribution in [0.5, 0.6) is 0 Å². The zero-order valence-corrected chi connectivity index (χ0v) is 6.02. The van der Waals surface area contributed by atoms with Crippen LogP contribution in [0.15, 0.2) is 11.6 Å². The van der Waals surface area contributed by atoms with E-state index in [1.54, 1.807) is 0 Å². The molecule has 0 aliphatic heterocycles. The van der Waals surface area contributed by atoms with E-state index in [1.165, 1.54) is 0 Å². The van der Waals surface area contributed by atoms with E-state index in [0.29, 0.717) is 5.92 Å². The molecule has 0 aromatic carbocycles. The molecule has 0 saturated heterocycles. The van der Waals surface area contributed by atoms with Crippen molar-refractivity contribution < 1.29 is 4.39 Å². The summed E-state index contributed by atoms with van der Waals surface area (Å²) in [5.41, 5.74) is 0.924. The number of rotatable bonds is 0. The molecule has 0 radical (unpaired) electrons. The van der Waals surface area contributed by atoms with Gasteiger partial charge in [-0.05, 0) is 31.3 Å². The van der Waals surface area contributed by atoms with Crippen LogP contribution >= 0.6 is 0 Å². The molecule has 1 unspecified atom stereocenters. The predicted octanol–water partition coefficient (Wildman–Crippen LogP) is 2.70. The summed E-state index contributed by atoms with van der Waals surface area (Å²) in [4.78, 5) is 0. The summed E-state index contributed by atoms with van der Waals surface area (Å²) < 4.78 is 12.8. The van der Waals surface area contributed by atoms with Gasteiger partial charge in [0, 0.05) is 0 Å². The third kappa shape index (κ3) is 1.54. The van der Waals surface area contributed by atoms with Gasteiger partial charge in [0.15, 0.2) is 0 Å². The molecule has 0 aromatic rings. The van der Waals surface area contributed by atoms with Gasteiger partial charge in [-0.25, -0.2) is 4.39 Å². The SMILES string of the molecule is CC1=CCC(C)C[C@@H]1F. The van der Waals surface area contributed by atoms with Crippen LogP contribution in [0.1, 0.15) is 26.7 Å². The van der Waals surface area contributed by atoms with Gasteiger partial charge in [0.1, 0.15) is 6.17 Å². The van der Waals surface area contributed by atoms with Crippen molar-refractivity contribution in [2.24, 2.45) is 5.92 Å². The van der Waals surface area contributed by atoms with Gasteiger partial charge in [0.25, 0.3) is 0 Å². The topological polar surface area (TPSA) is 0 Å². The average Bonchev–Trinajstić information content (AvgIpc) is 1.80. The minimum Gasteiger partial charge on any atom is -0.243 e. The Kier molecular flexibility index (Phi) is 1.89. The molecule has 0 nitrogen and oxygen atoms in total. The lowest BCUT2D eigenvalue weighted by Crippen LogP contribution is -2.12. The fourth-order valence-corrected chi connectivity index (χ4v) is 1.15. The van der Waals surface area contributed by atoms with E-state index in [4.69, 9.17) is 0 Å². The summed E-state index contributed by atoms with van der Waals surface area (Å²) in [5, 5.41) is 0. The average molecular weight is 128 g/mol. The largest absolute Gasteiger partial charge is 0.243 e. The molecule has 0 bridgehead atoms. The van der Waals surface area contributed by atoms with Crippen LogP contribution in [0.3, 0.4) is 0 Å². The maximum absolute atomic E-state index is 12.8. The minimum atomic E-state index is -0.659. The van der Waals surface area contributed by atoms with E-state index in [1.807, 2.05) is 13.0 Å². The second-order valence-electron chi connectivity index (χ2n) is 2.99. The summed E-state index contributed by atoms with van der Waals surface area (Å²) in [6, 6.07) is 0. The summed E-state index contributed by atoms with van der Waals surface area (Å²) in [7, 11) is 0. The summed E-state index contributed by atoms with van der Waals surface area (Å²) in [6.07, 6.45) is 3.14. The molecule has 0 amide bonds. The first-order valence-corrected chi connectivity index (χ1v) is 3.51. The third-order valence-corrected chi connectivity index (χ3v) is 1.95. The summed E-state index contributed by atoms with van der Waals surface area (Å²) >= 11 is 0. The molecule has 0 aromatic heterocycles. The van der Waals surface area contributed by atoms with Crippen molar-refractivity contribution >= 4 is 0 Å². The molecule has 2 atom stereocenters. The van der Waals surface area contributed by atoms with Gasteiger partial charge in [0.05, 0.1) is 0 Å². The van der Waals surface area contributed by atoms with E-state index < -0.39 is 6.17 Å². The first-order chi connectivity index (χ1) is 4.20. The first-order valence-electron chi connectivity index (χ1n) is 3.51. The molecule has 9 heavy (non-hydrogen) atoms. The maximum Gasteiger partial charge on any atom is 0.121 e. The molecule has 0 saturated carbocycles. The number of hydrogen-bond acceptors (Lipinski definition) is 0. The quantitative estimate of drug-likeness (QED) is 0.440. The first kappa shape index (κ1) is 6.79. The fraction of sp³-hybridized carbons (Fsp3) is 0.750. The van der Waals surface area contributed by atoms with Crippen LogP contribution in [-0.2, 0) is 0 Å². The van der Waals surface area contributed by atoms with Gasteiger partial charge in [-0.3, -0.25) is 0 Å². The third-order valence-electron chi connectivity index (χ3n) is 1.95. The molecular weight excluding hydrogens is 115 g/mol. The van der Waals surface area contributed by atoms with Gasteiger partial charge < -0.3 is 0 Å². The normalized spacial score (nSPS) is 36.1. The Bertz CT molecular complexity index is 127. The van der Waals surface area contributed by atoms with E-state index >= 15 is 0 Å². The lowest BCUT2D eigenvalue weighted by atomic mass is 9.90. The smallest absolute Gasteiger partial charge is 0.121 e. The zero-order chi connectivity index (χ0) is 6.85. The molecular formula is C8H13F. The molecule has 0 spiro atoms. The molecule has 1 aliphatic rings. The summed E-state index contributed by atoms with van der Waals surface area (Å²) in [5.74, 6) is 0.545. The van der Waals surface area contributed by atoms with Gasteiger partial charge in [-0.2, -0.15) is 0 Å². The highest BCUT2D eigenvalue weighted by molar-refractivity contribution is 5.08. The highest BCUT2D eigenvalue weighted by Crippen LogP contribution is 2.24. The standard InChI is InChI=1S/C8H13F/c1-6-3-4-7(2)8(9)5-6/h4,6,8H,3,5H2,1-2H3/t6?,8-/m0/s1. The van der Waals surface area contributed by atoms with E-state index in [0.717, 1.165) is 18.4 Å². The van der Waals surface area contributed by atoms with Crippen molar-refractivity contribution in [1.82, 2.24) is 0 Å². The van der Waals surface area contributed by atoms with Gasteiger partial charge >= 0.3 is 0 Å². The Morgan fingerprint density at radius 1 is 1.67 bits per heavy atom. The van der Waals surface area contributed by atoms with Gasteiger partial charge in [-0.15, -0.1) is 0 Å². The minimum absolute atomic E-state index is 0.545. The zero-order valence-electron chi connectivity index (χ0n) is 6.02. The molecule has 1 aliphatic carbocycles. The molecule has 0 heterocycles. The second-order valence-corrected chi connectivity index (χ2v) is 2.99. The number of alkyl halides is 1. The van der Waals surface area contributed by atoms with E-state index in [-0.39, 0.29) is 0 Å². The van der Waals surface area contributed by atoms with Crippen LogP contribution in [0.2, 0.25) is 0 Å². The second kappa shape index (κ2) is 2.51. The Morgan fingerprint density at radius 2 is 2.33 bits per heavy atom. The molecule has 1 rings (SSSR count). The maximum atomic E-state index is 12.8. The Labute approximate surface area is 55.8 Å². The van der Waals surface area contributed by atoms with Crippen molar-refractivity contribution in [3.05, 3.63) is 11.6 Å². The van der Waals surface area contributed by atoms with E-state index in [2.05, 4.69) is 6.92 Å². The van der Waals surface area contributed by atoms with Crippen molar-refractivity contribution in [3.8, 4) is 0 Å². The summed E-state index contributed by atoms with van der Waals surface area (Å²) in [6.45, 7) is 3.96. The lowest BCUT2D eigenvalue weighted by molar-refractivity contribution is 0.299.